The van der Waals surface area contributed by atoms with Crippen LogP contribution in [-0.4, -0.2) is 6.16 Å². The number of benzene rings is 3. The summed E-state index contributed by atoms with van der Waals surface area (Å²) in [4.78, 5) is 0. The Labute approximate surface area is 163 Å². The Hall–Kier alpha value is -2.07. The molecule has 1 nitrogen and oxygen atoms in total. The van der Waals surface area contributed by atoms with Crippen molar-refractivity contribution in [3.05, 3.63) is 91.0 Å². The molecule has 3 rings (SSSR count). The Kier molecular flexibility index (Phi) is 8.42. The topological polar surface area (TPSA) is 23.8 Å². The van der Waals surface area contributed by atoms with Crippen LogP contribution in [0.4, 0.5) is 0 Å². The summed E-state index contributed by atoms with van der Waals surface area (Å²) in [6.45, 7) is 2.29. The van der Waals surface area contributed by atoms with E-state index in [-0.39, 0.29) is 0 Å². The van der Waals surface area contributed by atoms with Gasteiger partial charge in [0.25, 0.3) is 0 Å². The molecule has 26 heavy (non-hydrogen) atoms. The molecule has 0 aliphatic heterocycles. The van der Waals surface area contributed by atoms with Crippen LogP contribution in [-0.2, 0) is 0 Å². The second-order valence-corrected chi connectivity index (χ2v) is 9.81. The molecule has 0 atom stereocenters. The molecule has 0 unspecified atom stereocenters. The quantitative estimate of drug-likeness (QED) is 0.357. The Morgan fingerprint density at radius 1 is 0.731 bits per heavy atom. The summed E-state index contributed by atoms with van der Waals surface area (Å²) >= 11 is 3.09. The Morgan fingerprint density at radius 2 is 1.04 bits per heavy atom. The number of nitriles is 1. The average molecular weight is 379 g/mol. The number of thiocyanates is 1. The van der Waals surface area contributed by atoms with E-state index in [0.29, 0.717) is 0 Å². The maximum Gasteiger partial charge on any atom is 0.130 e. The van der Waals surface area contributed by atoms with Crippen LogP contribution < -0.4 is 15.9 Å². The number of nitrogens with zero attached hydrogens (tertiary/aromatic N) is 1. The minimum Gasteiger partial charge on any atom is -0.185 e. The van der Waals surface area contributed by atoms with Gasteiger partial charge in [0.2, 0.25) is 0 Å². The zero-order valence-electron chi connectivity index (χ0n) is 15.1. The third kappa shape index (κ3) is 4.76. The molecular formula is C23H25NPS. The first kappa shape index (κ1) is 20.2. The van der Waals surface area contributed by atoms with Crippen LogP contribution in [0.2, 0.25) is 0 Å². The van der Waals surface area contributed by atoms with E-state index in [1.807, 2.05) is 0 Å². The lowest BCUT2D eigenvalue weighted by Gasteiger charge is -2.38. The Balaban J connectivity index is 0.000000758. The summed E-state index contributed by atoms with van der Waals surface area (Å²) in [6.07, 6.45) is 3.72. The smallest absolute Gasteiger partial charge is 0.130 e. The van der Waals surface area contributed by atoms with Crippen molar-refractivity contribution >= 4 is 35.8 Å². The number of unbranched alkanes of at least 4 members (excludes halogenated alkanes) is 1. The number of thiol groups is 1. The van der Waals surface area contributed by atoms with Gasteiger partial charge < -0.3 is 0 Å². The van der Waals surface area contributed by atoms with Crippen LogP contribution in [0.3, 0.4) is 0 Å². The van der Waals surface area contributed by atoms with Crippen LogP contribution in [0.25, 0.3) is 0 Å². The fraction of sp³-hybridized carbons (Fsp3) is 0.174. The molecule has 3 aromatic rings. The van der Waals surface area contributed by atoms with E-state index in [4.69, 9.17) is 5.26 Å². The SMILES string of the molecule is CCCC[P](c1ccccc1)(c1ccccc1)c1ccccc1.N#CS. The van der Waals surface area contributed by atoms with Gasteiger partial charge in [-0.15, -0.1) is 0 Å². The van der Waals surface area contributed by atoms with Crippen molar-refractivity contribution < 1.29 is 0 Å². The van der Waals surface area contributed by atoms with Gasteiger partial charge in [0.05, 0.1) is 0 Å². The molecule has 0 spiro atoms. The third-order valence-electron chi connectivity index (χ3n) is 4.44. The number of rotatable bonds is 6. The summed E-state index contributed by atoms with van der Waals surface area (Å²) in [6, 6.07) is 33.4. The molecule has 0 heterocycles. The maximum absolute atomic E-state index is 7.18. The second kappa shape index (κ2) is 10.8. The average Bonchev–Trinajstić information content (AvgIpc) is 2.72. The van der Waals surface area contributed by atoms with Gasteiger partial charge in [-0.3, -0.25) is 0 Å². The highest BCUT2D eigenvalue weighted by molar-refractivity contribution is 7.95. The van der Waals surface area contributed by atoms with Gasteiger partial charge in [-0.2, -0.15) is 5.26 Å². The molecule has 3 aromatic carbocycles. The van der Waals surface area contributed by atoms with Crippen molar-refractivity contribution in [3.63, 3.8) is 0 Å². The first-order valence-corrected chi connectivity index (χ1v) is 11.3. The normalized spacial score (nSPS) is 10.3. The molecule has 0 saturated carbocycles. The van der Waals surface area contributed by atoms with Crippen LogP contribution in [0.1, 0.15) is 19.8 Å². The highest BCUT2D eigenvalue weighted by Gasteiger charge is 2.32. The largest absolute Gasteiger partial charge is 0.185 e. The van der Waals surface area contributed by atoms with Gasteiger partial charge in [-0.25, -0.2) is 0 Å². The molecule has 0 aliphatic carbocycles. The van der Waals surface area contributed by atoms with Crippen molar-refractivity contribution in [3.8, 4) is 5.40 Å². The van der Waals surface area contributed by atoms with E-state index in [2.05, 4.69) is 111 Å². The lowest BCUT2D eigenvalue weighted by Crippen LogP contribution is -2.33. The lowest BCUT2D eigenvalue weighted by atomic mass is 10.3. The zero-order chi connectivity index (χ0) is 18.7. The predicted octanol–water partition coefficient (Wildman–Crippen LogP) is 5.18. The maximum atomic E-state index is 7.18. The van der Waals surface area contributed by atoms with Gasteiger partial charge >= 0.3 is 0 Å². The van der Waals surface area contributed by atoms with E-state index in [1.165, 1.54) is 40.3 Å². The van der Waals surface area contributed by atoms with Gasteiger partial charge in [-0.05, 0) is 35.8 Å². The number of hydrogen-bond acceptors (Lipinski definition) is 2. The lowest BCUT2D eigenvalue weighted by molar-refractivity contribution is 0.891. The van der Waals surface area contributed by atoms with Crippen LogP contribution >= 0.6 is 19.9 Å². The van der Waals surface area contributed by atoms with E-state index in [1.54, 1.807) is 0 Å². The highest BCUT2D eigenvalue weighted by Crippen LogP contribution is 2.55. The summed E-state index contributed by atoms with van der Waals surface area (Å²) < 4.78 is 0. The molecular weight excluding hydrogens is 353 g/mol. The van der Waals surface area contributed by atoms with Gasteiger partial charge in [0.15, 0.2) is 0 Å². The van der Waals surface area contributed by atoms with Crippen molar-refractivity contribution in [2.75, 3.05) is 6.16 Å². The van der Waals surface area contributed by atoms with Gasteiger partial charge in [0.1, 0.15) is 5.40 Å². The second-order valence-electron chi connectivity index (χ2n) is 5.99. The standard InChI is InChI=1S/C22H24P.CHNS/c1-2-3-19-23(20-13-7-4-8-14-20,21-15-9-5-10-16-21)22-17-11-6-12-18-22;2-1-3/h4-18H,2-3,19H2,1H3;3H. The van der Waals surface area contributed by atoms with E-state index >= 15 is 0 Å². The molecule has 0 aromatic heterocycles. The van der Waals surface area contributed by atoms with Crippen molar-refractivity contribution in [2.45, 2.75) is 19.8 Å². The predicted molar refractivity (Wildman–Crippen MR) is 120 cm³/mol. The van der Waals surface area contributed by atoms with E-state index < -0.39 is 7.26 Å². The number of hydrogen-bond donors (Lipinski definition) is 1. The molecule has 0 amide bonds. The summed E-state index contributed by atoms with van der Waals surface area (Å²) in [5.74, 6) is 0. The van der Waals surface area contributed by atoms with Crippen LogP contribution in [0.5, 0.6) is 0 Å². The van der Waals surface area contributed by atoms with Gasteiger partial charge in [-0.1, -0.05) is 117 Å². The van der Waals surface area contributed by atoms with E-state index in [9.17, 15) is 0 Å². The highest BCUT2D eigenvalue weighted by atomic mass is 32.1. The van der Waals surface area contributed by atoms with Crippen LogP contribution in [0, 0.1) is 10.7 Å². The molecule has 0 aliphatic rings. The van der Waals surface area contributed by atoms with Crippen molar-refractivity contribution in [1.82, 2.24) is 0 Å². The first-order valence-electron chi connectivity index (χ1n) is 8.87. The molecule has 0 saturated heterocycles. The Morgan fingerprint density at radius 3 is 1.31 bits per heavy atom. The minimum atomic E-state index is -1.57. The van der Waals surface area contributed by atoms with Crippen molar-refractivity contribution in [1.29, 1.82) is 5.26 Å². The minimum absolute atomic E-state index is 1.23. The molecule has 0 N–H and O–H groups in total. The fourth-order valence-electron chi connectivity index (χ4n) is 3.28. The first-order chi connectivity index (χ1) is 12.8. The summed E-state index contributed by atoms with van der Waals surface area (Å²) in [5.41, 5.74) is 0. The fourth-order valence-corrected chi connectivity index (χ4v) is 7.78. The monoisotopic (exact) mass is 378 g/mol. The third-order valence-corrected chi connectivity index (χ3v) is 8.96. The zero-order valence-corrected chi connectivity index (χ0v) is 16.9. The Bertz CT molecular complexity index is 701. The van der Waals surface area contributed by atoms with Gasteiger partial charge in [0, 0.05) is 0 Å². The molecule has 1 radical (unpaired) electrons. The van der Waals surface area contributed by atoms with E-state index in [0.717, 1.165) is 0 Å². The van der Waals surface area contributed by atoms with Crippen molar-refractivity contribution in [2.24, 2.45) is 0 Å². The summed E-state index contributed by atoms with van der Waals surface area (Å²) in [5, 5.41) is 13.1. The molecule has 0 bridgehead atoms. The van der Waals surface area contributed by atoms with Crippen LogP contribution in [0.15, 0.2) is 91.0 Å². The summed E-state index contributed by atoms with van der Waals surface area (Å²) in [7, 11) is -1.57. The molecule has 133 valence electrons. The molecule has 0 fully saturated rings. The molecule has 3 heteroatoms.